The molecule has 0 unspecified atom stereocenters. The molecule has 4 rings (SSSR count). The van der Waals surface area contributed by atoms with Crippen LogP contribution in [0.3, 0.4) is 0 Å². The van der Waals surface area contributed by atoms with Gasteiger partial charge in [0.1, 0.15) is 0 Å². The lowest BCUT2D eigenvalue weighted by molar-refractivity contribution is 0.389. The summed E-state index contributed by atoms with van der Waals surface area (Å²) >= 11 is 0. The molecule has 0 atom stereocenters. The Labute approximate surface area is 121 Å². The summed E-state index contributed by atoms with van der Waals surface area (Å²) in [6.07, 6.45) is 3.70. The molecule has 0 fully saturated rings. The van der Waals surface area contributed by atoms with Gasteiger partial charge >= 0.3 is 0 Å². The highest BCUT2D eigenvalue weighted by molar-refractivity contribution is 6.08. The maximum atomic E-state index is 8.94. The summed E-state index contributed by atoms with van der Waals surface area (Å²) in [7, 11) is 0. The van der Waals surface area contributed by atoms with E-state index >= 15 is 0 Å². The van der Waals surface area contributed by atoms with Gasteiger partial charge < -0.3 is 4.57 Å². The zero-order valence-electron chi connectivity index (χ0n) is 11.2. The van der Waals surface area contributed by atoms with Crippen LogP contribution in [0, 0.1) is 0 Å². The molecule has 0 radical (unpaired) electrons. The van der Waals surface area contributed by atoms with Crippen molar-refractivity contribution < 1.29 is 5.21 Å². The maximum Gasteiger partial charge on any atom is 0.0724 e. The molecule has 0 saturated heterocycles. The van der Waals surface area contributed by atoms with Gasteiger partial charge in [-0.05, 0) is 36.4 Å². The molecule has 0 amide bonds. The summed E-state index contributed by atoms with van der Waals surface area (Å²) in [4.78, 5) is 4.25. The Kier molecular flexibility index (Phi) is 2.62. The molecule has 4 nitrogen and oxygen atoms in total. The lowest BCUT2D eigenvalue weighted by Gasteiger charge is -2.08. The number of para-hydroxylation sites is 1. The lowest BCUT2D eigenvalue weighted by atomic mass is 10.2. The third kappa shape index (κ3) is 1.77. The Morgan fingerprint density at radius 2 is 1.62 bits per heavy atom. The van der Waals surface area contributed by atoms with Crippen LogP contribution in [-0.4, -0.2) is 14.8 Å². The van der Waals surface area contributed by atoms with Crippen molar-refractivity contribution in [1.82, 2.24) is 9.55 Å². The largest absolute Gasteiger partial charge is 0.308 e. The van der Waals surface area contributed by atoms with Crippen LogP contribution in [0.1, 0.15) is 0 Å². The molecule has 102 valence electrons. The fourth-order valence-corrected chi connectivity index (χ4v) is 2.78. The highest BCUT2D eigenvalue weighted by Gasteiger charge is 2.11. The fourth-order valence-electron chi connectivity index (χ4n) is 2.78. The van der Waals surface area contributed by atoms with Crippen molar-refractivity contribution in [2.45, 2.75) is 0 Å². The summed E-state index contributed by atoms with van der Waals surface area (Å²) in [5.41, 5.74) is 6.07. The Morgan fingerprint density at radius 3 is 2.43 bits per heavy atom. The summed E-state index contributed by atoms with van der Waals surface area (Å²) in [6, 6.07) is 18.0. The zero-order chi connectivity index (χ0) is 14.2. The van der Waals surface area contributed by atoms with Gasteiger partial charge in [0, 0.05) is 22.7 Å². The first-order chi connectivity index (χ1) is 10.4. The average Bonchev–Trinajstić information content (AvgIpc) is 2.90. The fraction of sp³-hybridized carbons (Fsp3) is 0. The number of anilines is 1. The van der Waals surface area contributed by atoms with Gasteiger partial charge in [-0.25, -0.2) is 0 Å². The van der Waals surface area contributed by atoms with Crippen molar-refractivity contribution in [3.05, 3.63) is 67.0 Å². The van der Waals surface area contributed by atoms with Crippen LogP contribution < -0.4 is 5.48 Å². The second kappa shape index (κ2) is 4.61. The molecule has 0 aliphatic rings. The van der Waals surface area contributed by atoms with Gasteiger partial charge in [0.05, 0.1) is 22.9 Å². The van der Waals surface area contributed by atoms with Crippen LogP contribution in [0.25, 0.3) is 27.5 Å². The van der Waals surface area contributed by atoms with E-state index in [1.807, 2.05) is 54.9 Å². The van der Waals surface area contributed by atoms with E-state index in [2.05, 4.69) is 27.2 Å². The molecule has 0 spiro atoms. The Hall–Kier alpha value is -2.85. The van der Waals surface area contributed by atoms with Gasteiger partial charge in [-0.3, -0.25) is 15.7 Å². The molecule has 2 aromatic heterocycles. The van der Waals surface area contributed by atoms with Crippen molar-refractivity contribution in [3.63, 3.8) is 0 Å². The van der Waals surface area contributed by atoms with Gasteiger partial charge in [-0.15, -0.1) is 0 Å². The predicted molar refractivity (Wildman–Crippen MR) is 84.0 cm³/mol. The molecule has 0 bridgehead atoms. The van der Waals surface area contributed by atoms with E-state index in [-0.39, 0.29) is 0 Å². The van der Waals surface area contributed by atoms with E-state index < -0.39 is 0 Å². The maximum absolute atomic E-state index is 8.94. The normalized spacial score (nSPS) is 11.1. The third-order valence-electron chi connectivity index (χ3n) is 3.73. The minimum atomic E-state index is 0.664. The number of aromatic nitrogens is 2. The third-order valence-corrected chi connectivity index (χ3v) is 3.73. The molecular weight excluding hydrogens is 262 g/mol. The molecule has 0 aliphatic carbocycles. The molecule has 2 N–H and O–H groups in total. The van der Waals surface area contributed by atoms with Crippen molar-refractivity contribution in [2.24, 2.45) is 0 Å². The van der Waals surface area contributed by atoms with Crippen LogP contribution in [0.2, 0.25) is 0 Å². The molecule has 4 aromatic rings. The Morgan fingerprint density at radius 1 is 0.857 bits per heavy atom. The SMILES string of the molecule is ONc1ccc(-n2c3ccccc3c3ccncc32)cc1. The van der Waals surface area contributed by atoms with Crippen LogP contribution in [-0.2, 0) is 0 Å². The van der Waals surface area contributed by atoms with E-state index in [0.717, 1.165) is 16.7 Å². The highest BCUT2D eigenvalue weighted by atomic mass is 16.5. The highest BCUT2D eigenvalue weighted by Crippen LogP contribution is 2.31. The number of rotatable bonds is 2. The standard InChI is InChI=1S/C17H13N3O/c21-19-12-5-7-13(8-6-12)20-16-4-2-1-3-14(16)15-9-10-18-11-17(15)20/h1-11,19,21H. The lowest BCUT2D eigenvalue weighted by Crippen LogP contribution is -1.95. The van der Waals surface area contributed by atoms with Crippen molar-refractivity contribution in [1.29, 1.82) is 0 Å². The first-order valence-electron chi connectivity index (χ1n) is 6.72. The van der Waals surface area contributed by atoms with Gasteiger partial charge in [-0.1, -0.05) is 18.2 Å². The number of hydrogen-bond acceptors (Lipinski definition) is 3. The number of nitrogens with zero attached hydrogens (tertiary/aromatic N) is 2. The van der Waals surface area contributed by atoms with E-state index in [1.165, 1.54) is 10.8 Å². The quantitative estimate of drug-likeness (QED) is 0.544. The smallest absolute Gasteiger partial charge is 0.0724 e. The van der Waals surface area contributed by atoms with E-state index in [1.54, 1.807) is 0 Å². The zero-order valence-corrected chi connectivity index (χ0v) is 11.2. The van der Waals surface area contributed by atoms with Crippen LogP contribution in [0.15, 0.2) is 67.0 Å². The van der Waals surface area contributed by atoms with Gasteiger partial charge in [0.2, 0.25) is 0 Å². The summed E-state index contributed by atoms with van der Waals surface area (Å²) in [5.74, 6) is 0. The van der Waals surface area contributed by atoms with Crippen molar-refractivity contribution >= 4 is 27.5 Å². The summed E-state index contributed by atoms with van der Waals surface area (Å²) in [6.45, 7) is 0. The first kappa shape index (κ1) is 11.9. The van der Waals surface area contributed by atoms with Crippen LogP contribution >= 0.6 is 0 Å². The number of fused-ring (bicyclic) bond motifs is 3. The minimum absolute atomic E-state index is 0.664. The molecular formula is C17H13N3O. The molecule has 21 heavy (non-hydrogen) atoms. The minimum Gasteiger partial charge on any atom is -0.308 e. The molecule has 4 heteroatoms. The van der Waals surface area contributed by atoms with Gasteiger partial charge in [0.15, 0.2) is 0 Å². The van der Waals surface area contributed by atoms with E-state index in [9.17, 15) is 0 Å². The van der Waals surface area contributed by atoms with Crippen LogP contribution in [0.4, 0.5) is 5.69 Å². The van der Waals surface area contributed by atoms with Crippen molar-refractivity contribution in [3.8, 4) is 5.69 Å². The van der Waals surface area contributed by atoms with Gasteiger partial charge in [-0.2, -0.15) is 0 Å². The Balaban J connectivity index is 2.09. The summed E-state index contributed by atoms with van der Waals surface area (Å²) in [5, 5.41) is 11.3. The number of pyridine rings is 1. The second-order valence-corrected chi connectivity index (χ2v) is 4.90. The Bertz CT molecular complexity index is 872. The monoisotopic (exact) mass is 275 g/mol. The van der Waals surface area contributed by atoms with E-state index in [0.29, 0.717) is 5.69 Å². The number of benzene rings is 2. The summed E-state index contributed by atoms with van der Waals surface area (Å²) < 4.78 is 2.18. The van der Waals surface area contributed by atoms with Crippen LogP contribution in [0.5, 0.6) is 0 Å². The number of hydrogen-bond donors (Lipinski definition) is 2. The van der Waals surface area contributed by atoms with E-state index in [4.69, 9.17) is 5.21 Å². The van der Waals surface area contributed by atoms with Crippen molar-refractivity contribution in [2.75, 3.05) is 5.48 Å². The second-order valence-electron chi connectivity index (χ2n) is 4.90. The molecule has 0 aliphatic heterocycles. The van der Waals surface area contributed by atoms with Gasteiger partial charge in [0.25, 0.3) is 0 Å². The molecule has 0 saturated carbocycles. The first-order valence-corrected chi connectivity index (χ1v) is 6.72. The topological polar surface area (TPSA) is 50.1 Å². The predicted octanol–water partition coefficient (Wildman–Crippen LogP) is 3.98. The number of nitrogens with one attached hydrogen (secondary N) is 1. The molecule has 2 aromatic carbocycles. The average molecular weight is 275 g/mol. The molecule has 2 heterocycles.